The molecule has 0 radical (unpaired) electrons. The number of piperidine rings is 1. The Morgan fingerprint density at radius 2 is 1.84 bits per heavy atom. The highest BCUT2D eigenvalue weighted by Crippen LogP contribution is 2.36. The van der Waals surface area contributed by atoms with Crippen molar-refractivity contribution in [3.63, 3.8) is 0 Å². The van der Waals surface area contributed by atoms with E-state index in [1.165, 1.54) is 0 Å². The summed E-state index contributed by atoms with van der Waals surface area (Å²) < 4.78 is 1.83. The van der Waals surface area contributed by atoms with Crippen LogP contribution in [0, 0.1) is 6.92 Å². The van der Waals surface area contributed by atoms with Gasteiger partial charge in [0, 0.05) is 41.7 Å². The molecule has 1 fully saturated rings. The summed E-state index contributed by atoms with van der Waals surface area (Å²) in [5.41, 5.74) is 6.28. The van der Waals surface area contributed by atoms with Gasteiger partial charge in [-0.2, -0.15) is 5.10 Å². The molecule has 8 heteroatoms. The van der Waals surface area contributed by atoms with Gasteiger partial charge in [0.25, 0.3) is 5.91 Å². The summed E-state index contributed by atoms with van der Waals surface area (Å²) in [6.45, 7) is 2.30. The van der Waals surface area contributed by atoms with Crippen LogP contribution in [-0.4, -0.2) is 38.4 Å². The molecule has 3 heterocycles. The molecule has 2 aliphatic rings. The quantitative estimate of drug-likeness (QED) is 0.622. The highest BCUT2D eigenvalue weighted by Gasteiger charge is 2.39. The Kier molecular flexibility index (Phi) is 4.86. The van der Waals surface area contributed by atoms with Crippen molar-refractivity contribution in [1.29, 1.82) is 0 Å². The average Bonchev–Trinajstić information content (AvgIpc) is 3.30. The first-order valence-corrected chi connectivity index (χ1v) is 10.8. The third-order valence-corrected chi connectivity index (χ3v) is 6.63. The average molecular weight is 449 g/mol. The fourth-order valence-corrected chi connectivity index (χ4v) is 4.64. The summed E-state index contributed by atoms with van der Waals surface area (Å²) in [6, 6.07) is 11.0. The van der Waals surface area contributed by atoms with Crippen molar-refractivity contribution in [2.75, 3.05) is 0 Å². The maximum Gasteiger partial charge on any atom is 0.255 e. The largest absolute Gasteiger partial charge is 0.322 e. The first kappa shape index (κ1) is 20.5. The molecule has 1 atom stereocenters. The lowest BCUT2D eigenvalue weighted by Gasteiger charge is -2.29. The number of fused-ring (bicyclic) bond motifs is 1. The van der Waals surface area contributed by atoms with Crippen LogP contribution in [0.15, 0.2) is 42.6 Å². The Balaban J connectivity index is 1.50. The first-order chi connectivity index (χ1) is 15.3. The molecular weight excluding hydrogens is 428 g/mol. The number of hydrogen-bond acceptors (Lipinski definition) is 4. The number of aromatic nitrogens is 2. The highest BCUT2D eigenvalue weighted by molar-refractivity contribution is 6.31. The number of benzene rings is 2. The lowest BCUT2D eigenvalue weighted by atomic mass is 9.97. The maximum atomic E-state index is 13.0. The van der Waals surface area contributed by atoms with Gasteiger partial charge in [0.1, 0.15) is 6.04 Å². The number of rotatable bonds is 3. The van der Waals surface area contributed by atoms with Crippen LogP contribution in [0.3, 0.4) is 0 Å². The second kappa shape index (κ2) is 7.60. The molecule has 1 saturated heterocycles. The summed E-state index contributed by atoms with van der Waals surface area (Å²) in [4.78, 5) is 38.3. The van der Waals surface area contributed by atoms with Crippen LogP contribution in [-0.2, 0) is 23.2 Å². The lowest BCUT2D eigenvalue weighted by molar-refractivity contribution is -0.136. The number of hydrogen-bond donors (Lipinski definition) is 1. The van der Waals surface area contributed by atoms with Crippen LogP contribution in [0.1, 0.15) is 34.3 Å². The van der Waals surface area contributed by atoms with Gasteiger partial charge in [0.05, 0.1) is 11.9 Å². The predicted molar refractivity (Wildman–Crippen MR) is 120 cm³/mol. The van der Waals surface area contributed by atoms with Gasteiger partial charge in [0.15, 0.2) is 0 Å². The SMILES string of the molecule is Cc1cc(-c2c(-c3ccc4c(c3)CN(C3CCC(=O)NC3=O)C4=O)cnn2C)ccc1Cl. The fraction of sp³-hybridized carbons (Fsp3) is 0.250. The predicted octanol–water partition coefficient (Wildman–Crippen LogP) is 3.48. The molecule has 1 unspecified atom stereocenters. The smallest absolute Gasteiger partial charge is 0.255 e. The minimum absolute atomic E-state index is 0.180. The molecule has 2 aromatic carbocycles. The highest BCUT2D eigenvalue weighted by atomic mass is 35.5. The van der Waals surface area contributed by atoms with E-state index in [-0.39, 0.29) is 18.2 Å². The standard InChI is InChI=1S/C24H21ClN4O3/c1-13-9-15(4-6-19(13)25)22-18(11-26-28(22)2)14-3-5-17-16(10-14)12-29(24(17)32)20-7-8-21(30)27-23(20)31/h3-6,9-11,20H,7-8,12H2,1-2H3,(H,27,30,31). The van der Waals surface area contributed by atoms with E-state index in [0.717, 1.165) is 33.5 Å². The van der Waals surface area contributed by atoms with E-state index >= 15 is 0 Å². The van der Waals surface area contributed by atoms with E-state index in [2.05, 4.69) is 10.4 Å². The van der Waals surface area contributed by atoms with Crippen molar-refractivity contribution in [2.24, 2.45) is 7.05 Å². The maximum absolute atomic E-state index is 13.0. The van der Waals surface area contributed by atoms with Crippen LogP contribution in [0.5, 0.6) is 0 Å². The fourth-order valence-electron chi connectivity index (χ4n) is 4.53. The summed E-state index contributed by atoms with van der Waals surface area (Å²) >= 11 is 6.21. The Bertz CT molecular complexity index is 1300. The molecule has 3 amide bonds. The third-order valence-electron chi connectivity index (χ3n) is 6.20. The first-order valence-electron chi connectivity index (χ1n) is 10.4. The normalized spacial score (nSPS) is 18.2. The Labute approximate surface area is 190 Å². The van der Waals surface area contributed by atoms with Gasteiger partial charge in [-0.25, -0.2) is 0 Å². The van der Waals surface area contributed by atoms with Gasteiger partial charge < -0.3 is 4.90 Å². The van der Waals surface area contributed by atoms with Gasteiger partial charge in [-0.05, 0) is 54.3 Å². The number of halogens is 1. The Morgan fingerprint density at radius 3 is 2.59 bits per heavy atom. The van der Waals surface area contributed by atoms with Gasteiger partial charge in [0.2, 0.25) is 11.8 Å². The van der Waals surface area contributed by atoms with E-state index < -0.39 is 11.9 Å². The molecule has 0 saturated carbocycles. The van der Waals surface area contributed by atoms with Crippen molar-refractivity contribution >= 4 is 29.3 Å². The van der Waals surface area contributed by atoms with Crippen molar-refractivity contribution in [1.82, 2.24) is 20.0 Å². The minimum atomic E-state index is -0.623. The van der Waals surface area contributed by atoms with Gasteiger partial charge >= 0.3 is 0 Å². The van der Waals surface area contributed by atoms with Crippen LogP contribution in [0.4, 0.5) is 0 Å². The zero-order valence-corrected chi connectivity index (χ0v) is 18.4. The Morgan fingerprint density at radius 1 is 1.06 bits per heavy atom. The van der Waals surface area contributed by atoms with E-state index in [0.29, 0.717) is 23.6 Å². The second-order valence-corrected chi connectivity index (χ2v) is 8.67. The lowest BCUT2D eigenvalue weighted by Crippen LogP contribution is -2.52. The molecule has 2 aliphatic heterocycles. The molecule has 0 bridgehead atoms. The monoisotopic (exact) mass is 448 g/mol. The van der Waals surface area contributed by atoms with Crippen molar-refractivity contribution in [3.8, 4) is 22.4 Å². The van der Waals surface area contributed by atoms with Crippen LogP contribution in [0.25, 0.3) is 22.4 Å². The van der Waals surface area contributed by atoms with E-state index in [4.69, 9.17) is 11.6 Å². The molecule has 0 spiro atoms. The molecule has 162 valence electrons. The zero-order valence-electron chi connectivity index (χ0n) is 17.7. The van der Waals surface area contributed by atoms with Crippen molar-refractivity contribution in [3.05, 3.63) is 64.3 Å². The molecule has 32 heavy (non-hydrogen) atoms. The van der Waals surface area contributed by atoms with Crippen LogP contribution in [0.2, 0.25) is 5.02 Å². The summed E-state index contributed by atoms with van der Waals surface area (Å²) in [5, 5.41) is 7.50. The number of nitrogens with zero attached hydrogens (tertiary/aromatic N) is 3. The van der Waals surface area contributed by atoms with Gasteiger partial charge in [-0.3, -0.25) is 24.4 Å². The summed E-state index contributed by atoms with van der Waals surface area (Å²) in [6.07, 6.45) is 2.40. The topological polar surface area (TPSA) is 84.3 Å². The number of amides is 3. The molecule has 3 aromatic rings. The minimum Gasteiger partial charge on any atom is -0.322 e. The van der Waals surface area contributed by atoms with Crippen molar-refractivity contribution < 1.29 is 14.4 Å². The van der Waals surface area contributed by atoms with Gasteiger partial charge in [-0.15, -0.1) is 0 Å². The molecule has 0 aliphatic carbocycles. The number of carbonyl (C=O) groups excluding carboxylic acids is 3. The molecule has 1 N–H and O–H groups in total. The Hall–Kier alpha value is -3.45. The third kappa shape index (κ3) is 3.29. The molecule has 5 rings (SSSR count). The summed E-state index contributed by atoms with van der Waals surface area (Å²) in [7, 11) is 1.89. The number of imide groups is 1. The second-order valence-electron chi connectivity index (χ2n) is 8.27. The molecule has 7 nitrogen and oxygen atoms in total. The van der Waals surface area contributed by atoms with E-state index in [1.54, 1.807) is 4.90 Å². The molecule has 1 aromatic heterocycles. The zero-order chi connectivity index (χ0) is 22.6. The van der Waals surface area contributed by atoms with Crippen LogP contribution < -0.4 is 5.32 Å². The number of aryl methyl sites for hydroxylation is 2. The van der Waals surface area contributed by atoms with E-state index in [1.807, 2.05) is 61.2 Å². The number of nitrogens with one attached hydrogen (secondary N) is 1. The van der Waals surface area contributed by atoms with Crippen molar-refractivity contribution in [2.45, 2.75) is 32.4 Å². The summed E-state index contributed by atoms with van der Waals surface area (Å²) in [5.74, 6) is -0.879. The van der Waals surface area contributed by atoms with Gasteiger partial charge in [-0.1, -0.05) is 23.7 Å². The van der Waals surface area contributed by atoms with E-state index in [9.17, 15) is 14.4 Å². The molecular formula is C24H21ClN4O3. The number of carbonyl (C=O) groups is 3. The van der Waals surface area contributed by atoms with Crippen LogP contribution >= 0.6 is 11.6 Å².